The summed E-state index contributed by atoms with van der Waals surface area (Å²) < 4.78 is 9.33. The van der Waals surface area contributed by atoms with Gasteiger partial charge in [-0.3, -0.25) is 16.6 Å². The molecule has 0 unspecified atom stereocenters. The molecule has 0 bridgehead atoms. The molecule has 1 heterocycles. The van der Waals surface area contributed by atoms with Crippen LogP contribution in [0.5, 0.6) is 11.5 Å². The Labute approximate surface area is 268 Å². The van der Waals surface area contributed by atoms with Crippen molar-refractivity contribution in [3.8, 4) is 11.5 Å². The van der Waals surface area contributed by atoms with Crippen LogP contribution in [0.3, 0.4) is 0 Å². The predicted octanol–water partition coefficient (Wildman–Crippen LogP) is 6.57. The third-order valence-corrected chi connectivity index (χ3v) is 3.70. The molecule has 6 nitrogen and oxygen atoms in total. The normalized spacial score (nSPS) is 9.42. The Kier molecular flexibility index (Phi) is 32.6. The zero-order valence-electron chi connectivity index (χ0n) is 21.7. The van der Waals surface area contributed by atoms with E-state index in [4.69, 9.17) is 0 Å². The minimum atomic E-state index is -0.324. The molecule has 1 aliphatic rings. The molecule has 192 valence electrons. The van der Waals surface area contributed by atoms with Crippen LogP contribution in [0.15, 0.2) is 84.9 Å². The van der Waals surface area contributed by atoms with Crippen LogP contribution in [0, 0.1) is 28.3 Å². The standard InChI is InChI=1S/C9H6NO2.2C7H7O.2C2H6.CH4N.2Y/c1-10-8(11)6-4-2-3-5-7(6)9(10)12;2*1-8-7-5-3-2-4-6-7;3*1-2;;/h2-5H,1H2;2*2-6H,1H2;2*1-2H3;1-2H2;;/q3*-1;;;-1;;. The summed E-state index contributed by atoms with van der Waals surface area (Å²) in [5.41, 5.74) is 5.13. The van der Waals surface area contributed by atoms with Gasteiger partial charge in [0.25, 0.3) is 0 Å². The molecule has 0 aliphatic carbocycles. The summed E-state index contributed by atoms with van der Waals surface area (Å²) in [5, 5.41) is 0. The summed E-state index contributed by atoms with van der Waals surface area (Å²) in [6.45, 7) is 8.00. The van der Waals surface area contributed by atoms with E-state index in [2.05, 4.69) is 43.5 Å². The second-order valence-electron chi connectivity index (χ2n) is 5.50. The Morgan fingerprint density at radius 1 is 0.583 bits per heavy atom. The zero-order chi connectivity index (χ0) is 26.4. The molecule has 2 N–H and O–H groups in total. The predicted molar refractivity (Wildman–Crippen MR) is 139 cm³/mol. The maximum Gasteiger partial charge on any atom is 0.231 e. The van der Waals surface area contributed by atoms with Gasteiger partial charge in [-0.05, 0) is 36.4 Å². The maximum absolute atomic E-state index is 11.2. The number of fused-ring (bicyclic) bond motifs is 1. The van der Waals surface area contributed by atoms with Crippen molar-refractivity contribution in [2.24, 2.45) is 5.73 Å². The van der Waals surface area contributed by atoms with Gasteiger partial charge in [0.15, 0.2) is 0 Å². The van der Waals surface area contributed by atoms with Gasteiger partial charge in [0, 0.05) is 76.5 Å². The van der Waals surface area contributed by atoms with Gasteiger partial charge in [-0.25, -0.2) is 7.05 Å². The van der Waals surface area contributed by atoms with E-state index < -0.39 is 0 Å². The Bertz CT molecular complexity index is 837. The van der Waals surface area contributed by atoms with E-state index in [0.29, 0.717) is 11.1 Å². The van der Waals surface area contributed by atoms with Crippen LogP contribution in [0.25, 0.3) is 0 Å². The fourth-order valence-electron chi connectivity index (χ4n) is 2.27. The van der Waals surface area contributed by atoms with Gasteiger partial charge in [0.05, 0.1) is 11.5 Å². The third-order valence-electron chi connectivity index (χ3n) is 3.70. The summed E-state index contributed by atoms with van der Waals surface area (Å²) >= 11 is 0. The molecule has 0 atom stereocenters. The number of carbonyl (C=O) groups is 2. The summed E-state index contributed by atoms with van der Waals surface area (Å²) in [4.78, 5) is 23.4. The quantitative estimate of drug-likeness (QED) is 0.253. The Morgan fingerprint density at radius 2 is 0.833 bits per heavy atom. The number of nitrogens with zero attached hydrogens (tertiary/aromatic N) is 1. The van der Waals surface area contributed by atoms with Crippen LogP contribution in [-0.2, 0) is 65.4 Å². The third kappa shape index (κ3) is 15.6. The molecule has 0 fully saturated rings. The number of para-hydroxylation sites is 2. The monoisotopic (exact) mass is 642 g/mol. The average Bonchev–Trinajstić information content (AvgIpc) is 3.17. The number of hydrogen-bond acceptors (Lipinski definition) is 5. The van der Waals surface area contributed by atoms with E-state index in [9.17, 15) is 9.59 Å². The number of benzene rings is 3. The zero-order valence-corrected chi connectivity index (χ0v) is 27.4. The number of ether oxygens (including phenoxy) is 2. The van der Waals surface area contributed by atoms with Gasteiger partial charge in [-0.1, -0.05) is 76.2 Å². The summed E-state index contributed by atoms with van der Waals surface area (Å²) in [5.74, 6) is 0.950. The molecular weight excluding hydrogens is 606 g/mol. The largest absolute Gasteiger partial charge is 0.665 e. The first kappa shape index (κ1) is 41.7. The van der Waals surface area contributed by atoms with E-state index in [-0.39, 0.29) is 77.2 Å². The van der Waals surface area contributed by atoms with E-state index in [0.717, 1.165) is 16.4 Å². The Morgan fingerprint density at radius 3 is 1.06 bits per heavy atom. The molecule has 3 aromatic rings. The molecular formula is C28H36N2O4Y2-4. The van der Waals surface area contributed by atoms with Crippen molar-refractivity contribution >= 4 is 11.8 Å². The number of hydrogen-bond donors (Lipinski definition) is 1. The van der Waals surface area contributed by atoms with Gasteiger partial charge in [0.2, 0.25) is 11.8 Å². The molecule has 3 aromatic carbocycles. The van der Waals surface area contributed by atoms with Gasteiger partial charge in [-0.15, -0.1) is 0 Å². The molecule has 0 spiro atoms. The Balaban J connectivity index is -0.000000192. The Hall–Kier alpha value is -1.43. The first-order valence-corrected chi connectivity index (χ1v) is 10.7. The van der Waals surface area contributed by atoms with Gasteiger partial charge < -0.3 is 20.1 Å². The number of nitrogens with two attached hydrogens (primary N) is 1. The van der Waals surface area contributed by atoms with Gasteiger partial charge >= 0.3 is 0 Å². The molecule has 36 heavy (non-hydrogen) atoms. The second kappa shape index (κ2) is 28.1. The molecule has 1 aliphatic heterocycles. The molecule has 0 aromatic heterocycles. The minimum Gasteiger partial charge on any atom is -0.665 e. The average molecular weight is 642 g/mol. The molecule has 8 heteroatoms. The van der Waals surface area contributed by atoms with Crippen LogP contribution in [-0.4, -0.2) is 16.7 Å². The topological polar surface area (TPSA) is 81.9 Å². The van der Waals surface area contributed by atoms with Crippen molar-refractivity contribution in [1.82, 2.24) is 4.90 Å². The molecule has 0 saturated heterocycles. The maximum atomic E-state index is 11.2. The molecule has 4 rings (SSSR count). The van der Waals surface area contributed by atoms with Crippen LogP contribution in [0.4, 0.5) is 0 Å². The van der Waals surface area contributed by atoms with Crippen LogP contribution < -0.4 is 15.2 Å². The fraction of sp³-hybridized carbons (Fsp3) is 0.143. The van der Waals surface area contributed by atoms with E-state index in [1.54, 1.807) is 24.3 Å². The number of rotatable bonds is 2. The van der Waals surface area contributed by atoms with Gasteiger partial charge in [0.1, 0.15) is 0 Å². The smallest absolute Gasteiger partial charge is 0.231 e. The summed E-state index contributed by atoms with van der Waals surface area (Å²) in [6, 6.07) is 25.6. The van der Waals surface area contributed by atoms with E-state index in [1.807, 2.05) is 88.4 Å². The van der Waals surface area contributed by atoms with Crippen molar-refractivity contribution in [3.63, 3.8) is 0 Å². The molecule has 0 saturated carbocycles. The van der Waals surface area contributed by atoms with Crippen molar-refractivity contribution < 1.29 is 84.5 Å². The van der Waals surface area contributed by atoms with Gasteiger partial charge in [-0.2, -0.15) is 14.2 Å². The first-order valence-electron chi connectivity index (χ1n) is 10.7. The van der Waals surface area contributed by atoms with Crippen molar-refractivity contribution in [1.29, 1.82) is 0 Å². The SMILES string of the molecule is CC.CC.[CH2-]N.[CH2-]N1C(=O)c2ccccc2C1=O.[CH2-]Oc1ccccc1.[CH2-]Oc1ccccc1.[Y].[Y]. The number of amides is 2. The van der Waals surface area contributed by atoms with Crippen molar-refractivity contribution in [2.75, 3.05) is 0 Å². The van der Waals surface area contributed by atoms with Crippen molar-refractivity contribution in [2.45, 2.75) is 27.7 Å². The summed E-state index contributed by atoms with van der Waals surface area (Å²) in [7, 11) is 12.6. The van der Waals surface area contributed by atoms with Crippen LogP contribution in [0.2, 0.25) is 0 Å². The molecule has 2 amide bonds. The second-order valence-corrected chi connectivity index (χ2v) is 5.50. The number of imide groups is 1. The van der Waals surface area contributed by atoms with E-state index >= 15 is 0 Å². The summed E-state index contributed by atoms with van der Waals surface area (Å²) in [6.07, 6.45) is 0. The minimum absolute atomic E-state index is 0. The fourth-order valence-corrected chi connectivity index (χ4v) is 2.27. The van der Waals surface area contributed by atoms with Crippen LogP contribution in [0.1, 0.15) is 48.4 Å². The van der Waals surface area contributed by atoms with E-state index in [1.165, 1.54) is 0 Å². The van der Waals surface area contributed by atoms with Crippen molar-refractivity contribution in [3.05, 3.63) is 124 Å². The van der Waals surface area contributed by atoms with Crippen LogP contribution >= 0.6 is 0 Å². The number of carbonyl (C=O) groups excluding carboxylic acids is 2. The first-order chi connectivity index (χ1) is 16.6. The molecule has 2 radical (unpaired) electrons.